The summed E-state index contributed by atoms with van der Waals surface area (Å²) in [7, 11) is 4.11. The first-order valence-corrected chi connectivity index (χ1v) is 6.70. The molecule has 1 aromatic rings. The van der Waals surface area contributed by atoms with Gasteiger partial charge in [0.05, 0.1) is 5.02 Å². The lowest BCUT2D eigenvalue weighted by Crippen LogP contribution is -2.29. The molecule has 3 nitrogen and oxygen atoms in total. The molecule has 0 aliphatic rings. The van der Waals surface area contributed by atoms with E-state index in [0.717, 1.165) is 29.9 Å². The maximum Gasteiger partial charge on any atom is 0.138 e. The maximum absolute atomic E-state index is 6.03. The highest BCUT2D eigenvalue weighted by Crippen LogP contribution is 2.27. The monoisotopic (exact) mass is 320 g/mol. The van der Waals surface area contributed by atoms with Crippen LogP contribution in [0, 0.1) is 0 Å². The Hall–Kier alpha value is -0.290. The van der Waals surface area contributed by atoms with Gasteiger partial charge >= 0.3 is 0 Å². The van der Waals surface area contributed by atoms with E-state index < -0.39 is 0 Å². The van der Waals surface area contributed by atoms with Gasteiger partial charge in [-0.25, -0.2) is 0 Å². The molecule has 96 valence electrons. The van der Waals surface area contributed by atoms with E-state index in [2.05, 4.69) is 40.2 Å². The van der Waals surface area contributed by atoms with Gasteiger partial charge in [-0.15, -0.1) is 0 Å². The van der Waals surface area contributed by atoms with Crippen LogP contribution in [-0.4, -0.2) is 45.2 Å². The van der Waals surface area contributed by atoms with Crippen LogP contribution in [0.15, 0.2) is 22.7 Å². The zero-order valence-corrected chi connectivity index (χ0v) is 12.5. The van der Waals surface area contributed by atoms with Gasteiger partial charge in [-0.05, 0) is 32.3 Å². The molecule has 0 unspecified atom stereocenters. The van der Waals surface area contributed by atoms with Crippen molar-refractivity contribution < 1.29 is 4.74 Å². The average Bonchev–Trinajstić information content (AvgIpc) is 2.25. The second-order valence-electron chi connectivity index (χ2n) is 3.98. The van der Waals surface area contributed by atoms with Crippen LogP contribution < -0.4 is 10.1 Å². The highest BCUT2D eigenvalue weighted by atomic mass is 79.9. The Bertz CT molecular complexity index is 347. The zero-order chi connectivity index (χ0) is 12.7. The van der Waals surface area contributed by atoms with Crippen LogP contribution in [0.2, 0.25) is 5.02 Å². The summed E-state index contributed by atoms with van der Waals surface area (Å²) in [4.78, 5) is 2.14. The summed E-state index contributed by atoms with van der Waals surface area (Å²) in [6.07, 6.45) is 0. The SMILES string of the molecule is CN(C)CCNCCOc1ccc(Br)cc1Cl. The molecule has 0 heterocycles. The third-order valence-electron chi connectivity index (χ3n) is 2.17. The van der Waals surface area contributed by atoms with Gasteiger partial charge in [0.2, 0.25) is 0 Å². The summed E-state index contributed by atoms with van der Waals surface area (Å²) in [5.41, 5.74) is 0. The Morgan fingerprint density at radius 2 is 2.12 bits per heavy atom. The normalized spacial score (nSPS) is 10.9. The largest absolute Gasteiger partial charge is 0.491 e. The molecular formula is C12H18BrClN2O. The predicted octanol–water partition coefficient (Wildman–Crippen LogP) is 2.63. The first-order chi connectivity index (χ1) is 8.09. The molecule has 0 amide bonds. The second kappa shape index (κ2) is 7.93. The van der Waals surface area contributed by atoms with Crippen LogP contribution in [0.1, 0.15) is 0 Å². The van der Waals surface area contributed by atoms with E-state index in [0.29, 0.717) is 11.6 Å². The molecule has 0 aromatic heterocycles. The minimum atomic E-state index is 0.620. The summed E-state index contributed by atoms with van der Waals surface area (Å²) in [5.74, 6) is 0.726. The Morgan fingerprint density at radius 1 is 1.35 bits per heavy atom. The third-order valence-corrected chi connectivity index (χ3v) is 2.95. The Balaban J connectivity index is 2.18. The van der Waals surface area contributed by atoms with Crippen molar-refractivity contribution in [1.29, 1.82) is 0 Å². The van der Waals surface area contributed by atoms with Crippen molar-refractivity contribution in [2.24, 2.45) is 0 Å². The smallest absolute Gasteiger partial charge is 0.138 e. The van der Waals surface area contributed by atoms with E-state index in [1.807, 2.05) is 18.2 Å². The predicted molar refractivity (Wildman–Crippen MR) is 76.1 cm³/mol. The van der Waals surface area contributed by atoms with Crippen LogP contribution in [0.4, 0.5) is 0 Å². The summed E-state index contributed by atoms with van der Waals surface area (Å²) in [6.45, 7) is 3.43. The maximum atomic E-state index is 6.03. The van der Waals surface area contributed by atoms with Gasteiger partial charge in [0.1, 0.15) is 12.4 Å². The number of nitrogens with one attached hydrogen (secondary N) is 1. The Morgan fingerprint density at radius 3 is 2.76 bits per heavy atom. The van der Waals surface area contributed by atoms with E-state index in [1.54, 1.807) is 0 Å². The van der Waals surface area contributed by atoms with Gasteiger partial charge in [0.25, 0.3) is 0 Å². The summed E-state index contributed by atoms with van der Waals surface area (Å²) < 4.78 is 6.53. The van der Waals surface area contributed by atoms with Crippen molar-refractivity contribution in [3.8, 4) is 5.75 Å². The highest BCUT2D eigenvalue weighted by molar-refractivity contribution is 9.10. The summed E-state index contributed by atoms with van der Waals surface area (Å²) >= 11 is 9.38. The van der Waals surface area contributed by atoms with E-state index in [4.69, 9.17) is 16.3 Å². The molecule has 1 aromatic carbocycles. The molecule has 1 rings (SSSR count). The van der Waals surface area contributed by atoms with Gasteiger partial charge in [-0.3, -0.25) is 0 Å². The van der Waals surface area contributed by atoms with Crippen LogP contribution in [0.3, 0.4) is 0 Å². The minimum absolute atomic E-state index is 0.620. The van der Waals surface area contributed by atoms with E-state index in [1.165, 1.54) is 0 Å². The van der Waals surface area contributed by atoms with Crippen LogP contribution in [0.25, 0.3) is 0 Å². The number of hydrogen-bond donors (Lipinski definition) is 1. The van der Waals surface area contributed by atoms with Gasteiger partial charge in [-0.1, -0.05) is 27.5 Å². The fraction of sp³-hybridized carbons (Fsp3) is 0.500. The molecule has 0 radical (unpaired) electrons. The quantitative estimate of drug-likeness (QED) is 0.781. The van der Waals surface area contributed by atoms with Crippen molar-refractivity contribution >= 4 is 27.5 Å². The van der Waals surface area contributed by atoms with Crippen LogP contribution in [-0.2, 0) is 0 Å². The number of halogens is 2. The first kappa shape index (κ1) is 14.8. The first-order valence-electron chi connectivity index (χ1n) is 5.53. The number of nitrogens with zero attached hydrogens (tertiary/aromatic N) is 1. The molecule has 17 heavy (non-hydrogen) atoms. The lowest BCUT2D eigenvalue weighted by Gasteiger charge is -2.11. The molecule has 0 fully saturated rings. The topological polar surface area (TPSA) is 24.5 Å². The molecule has 5 heteroatoms. The van der Waals surface area contributed by atoms with Crippen molar-refractivity contribution in [1.82, 2.24) is 10.2 Å². The van der Waals surface area contributed by atoms with Gasteiger partial charge < -0.3 is 15.0 Å². The lowest BCUT2D eigenvalue weighted by molar-refractivity contribution is 0.308. The van der Waals surface area contributed by atoms with Crippen molar-refractivity contribution in [3.05, 3.63) is 27.7 Å². The fourth-order valence-electron chi connectivity index (χ4n) is 1.25. The van der Waals surface area contributed by atoms with Gasteiger partial charge in [0, 0.05) is 24.1 Å². The number of rotatable bonds is 7. The molecule has 0 saturated heterocycles. The second-order valence-corrected chi connectivity index (χ2v) is 5.30. The Kier molecular flexibility index (Phi) is 6.89. The number of likely N-dealkylation sites (N-methyl/N-ethyl adjacent to an activating group) is 1. The van der Waals surface area contributed by atoms with E-state index in [-0.39, 0.29) is 0 Å². The molecule has 0 bridgehead atoms. The van der Waals surface area contributed by atoms with Crippen molar-refractivity contribution in [2.75, 3.05) is 40.3 Å². The number of ether oxygens (including phenoxy) is 1. The van der Waals surface area contributed by atoms with Crippen LogP contribution in [0.5, 0.6) is 5.75 Å². The molecular weight excluding hydrogens is 304 g/mol. The number of hydrogen-bond acceptors (Lipinski definition) is 3. The average molecular weight is 322 g/mol. The molecule has 0 atom stereocenters. The van der Waals surface area contributed by atoms with Gasteiger partial charge in [0.15, 0.2) is 0 Å². The molecule has 0 saturated carbocycles. The van der Waals surface area contributed by atoms with E-state index in [9.17, 15) is 0 Å². The van der Waals surface area contributed by atoms with Crippen LogP contribution >= 0.6 is 27.5 Å². The minimum Gasteiger partial charge on any atom is -0.491 e. The molecule has 0 aliphatic carbocycles. The number of benzene rings is 1. The Labute approximate surface area is 116 Å². The summed E-state index contributed by atoms with van der Waals surface area (Å²) in [6, 6.07) is 5.61. The van der Waals surface area contributed by atoms with Crippen molar-refractivity contribution in [2.45, 2.75) is 0 Å². The van der Waals surface area contributed by atoms with Crippen molar-refractivity contribution in [3.63, 3.8) is 0 Å². The molecule has 1 N–H and O–H groups in total. The molecule has 0 aliphatic heterocycles. The standard InChI is InChI=1S/C12H18BrClN2O/c1-16(2)7-5-15-6-8-17-12-4-3-10(13)9-11(12)14/h3-4,9,15H,5-8H2,1-2H3. The molecule has 0 spiro atoms. The lowest BCUT2D eigenvalue weighted by atomic mass is 10.3. The van der Waals surface area contributed by atoms with Gasteiger partial charge in [-0.2, -0.15) is 0 Å². The highest BCUT2D eigenvalue weighted by Gasteiger charge is 2.01. The fourth-order valence-corrected chi connectivity index (χ4v) is 1.98. The third kappa shape index (κ3) is 6.27. The van der Waals surface area contributed by atoms with E-state index >= 15 is 0 Å². The zero-order valence-electron chi connectivity index (χ0n) is 10.2. The summed E-state index contributed by atoms with van der Waals surface area (Å²) in [5, 5.41) is 3.93.